The van der Waals surface area contributed by atoms with Gasteiger partial charge in [0.05, 0.1) is 25.4 Å². The van der Waals surface area contributed by atoms with Crippen molar-refractivity contribution in [2.24, 2.45) is 0 Å². The van der Waals surface area contributed by atoms with Crippen molar-refractivity contribution < 1.29 is 24.5 Å². The lowest BCUT2D eigenvalue weighted by Gasteiger charge is -2.22. The number of amides is 1. The lowest BCUT2D eigenvalue weighted by molar-refractivity contribution is -0.143. The van der Waals surface area contributed by atoms with Gasteiger partial charge in [0.1, 0.15) is 0 Å². The topological polar surface area (TPSA) is 95.9 Å². The zero-order valence-corrected chi connectivity index (χ0v) is 37.6. The molecule has 332 valence electrons. The van der Waals surface area contributed by atoms with Crippen molar-refractivity contribution in [2.75, 3.05) is 13.2 Å². The molecule has 0 aromatic carbocycles. The average Bonchev–Trinajstić information content (AvgIpc) is 3.20. The molecule has 2 atom stereocenters. The molecular weight excluding hydrogens is 695 g/mol. The van der Waals surface area contributed by atoms with E-state index in [0.717, 1.165) is 70.6 Å². The van der Waals surface area contributed by atoms with Crippen LogP contribution in [0.15, 0.2) is 12.2 Å². The van der Waals surface area contributed by atoms with E-state index in [9.17, 15) is 19.8 Å². The third kappa shape index (κ3) is 42.2. The maximum absolute atomic E-state index is 12.4. The van der Waals surface area contributed by atoms with Gasteiger partial charge >= 0.3 is 5.97 Å². The number of carbonyl (C=O) groups is 2. The Balaban J connectivity index is 3.46. The second-order valence-corrected chi connectivity index (χ2v) is 17.1. The van der Waals surface area contributed by atoms with E-state index in [1.165, 1.54) is 167 Å². The Morgan fingerprint density at radius 3 is 1.27 bits per heavy atom. The largest absolute Gasteiger partial charge is 0.466 e. The van der Waals surface area contributed by atoms with Gasteiger partial charge in [-0.05, 0) is 51.4 Å². The van der Waals surface area contributed by atoms with Crippen LogP contribution < -0.4 is 5.32 Å². The number of ether oxygens (including phenoxy) is 1. The Labute approximate surface area is 349 Å². The molecule has 0 rings (SSSR count). The molecule has 0 aromatic heterocycles. The SMILES string of the molecule is CCCCCCCCCCCCCCCC(=O)OCCCCCC/C=C\CCCCCCCCCC(=O)NC(CO)C(O)CCCCCCCCCCCCC. The van der Waals surface area contributed by atoms with Crippen molar-refractivity contribution in [3.05, 3.63) is 12.2 Å². The third-order valence-corrected chi connectivity index (χ3v) is 11.6. The van der Waals surface area contributed by atoms with E-state index in [1.54, 1.807) is 0 Å². The molecule has 0 radical (unpaired) electrons. The summed E-state index contributed by atoms with van der Waals surface area (Å²) in [6.45, 7) is 4.91. The minimum absolute atomic E-state index is 0.00871. The Kier molecular flexibility index (Phi) is 45.1. The fourth-order valence-electron chi connectivity index (χ4n) is 7.69. The minimum atomic E-state index is -0.671. The predicted octanol–water partition coefficient (Wildman–Crippen LogP) is 14.6. The van der Waals surface area contributed by atoms with E-state index < -0.39 is 12.1 Å². The fraction of sp³-hybridized carbons (Fsp3) is 0.920. The van der Waals surface area contributed by atoms with Crippen LogP contribution in [0.4, 0.5) is 0 Å². The Bertz CT molecular complexity index is 832. The highest BCUT2D eigenvalue weighted by molar-refractivity contribution is 5.76. The molecule has 0 aromatic rings. The van der Waals surface area contributed by atoms with Gasteiger partial charge in [-0.1, -0.05) is 219 Å². The Morgan fingerprint density at radius 1 is 0.482 bits per heavy atom. The quantitative estimate of drug-likeness (QED) is 0.0324. The molecule has 0 aliphatic heterocycles. The molecule has 0 bridgehead atoms. The van der Waals surface area contributed by atoms with Crippen LogP contribution in [0.5, 0.6) is 0 Å². The Hall–Kier alpha value is -1.40. The van der Waals surface area contributed by atoms with Gasteiger partial charge < -0.3 is 20.3 Å². The zero-order chi connectivity index (χ0) is 40.8. The number of rotatable bonds is 46. The summed E-state index contributed by atoms with van der Waals surface area (Å²) in [6.07, 6.45) is 51.8. The fourth-order valence-corrected chi connectivity index (χ4v) is 7.69. The molecule has 0 spiro atoms. The third-order valence-electron chi connectivity index (χ3n) is 11.6. The summed E-state index contributed by atoms with van der Waals surface area (Å²) in [7, 11) is 0. The average molecular weight is 792 g/mol. The molecule has 0 heterocycles. The van der Waals surface area contributed by atoms with E-state index in [2.05, 4.69) is 31.3 Å². The number of aliphatic hydroxyl groups is 2. The smallest absolute Gasteiger partial charge is 0.305 e. The van der Waals surface area contributed by atoms with Crippen molar-refractivity contribution in [1.82, 2.24) is 5.32 Å². The molecule has 0 fully saturated rings. The van der Waals surface area contributed by atoms with E-state index in [4.69, 9.17) is 4.74 Å². The van der Waals surface area contributed by atoms with Gasteiger partial charge in [0.2, 0.25) is 5.91 Å². The van der Waals surface area contributed by atoms with Crippen molar-refractivity contribution in [1.29, 1.82) is 0 Å². The van der Waals surface area contributed by atoms with Crippen molar-refractivity contribution in [3.63, 3.8) is 0 Å². The van der Waals surface area contributed by atoms with Gasteiger partial charge in [-0.3, -0.25) is 9.59 Å². The van der Waals surface area contributed by atoms with Crippen LogP contribution in [-0.2, 0) is 14.3 Å². The van der Waals surface area contributed by atoms with Crippen molar-refractivity contribution in [2.45, 2.75) is 283 Å². The minimum Gasteiger partial charge on any atom is -0.466 e. The number of aliphatic hydroxyl groups excluding tert-OH is 2. The van der Waals surface area contributed by atoms with E-state index in [0.29, 0.717) is 25.9 Å². The summed E-state index contributed by atoms with van der Waals surface area (Å²) in [5.41, 5.74) is 0. The molecular formula is C50H97NO5. The first-order valence-electron chi connectivity index (χ1n) is 24.9. The van der Waals surface area contributed by atoms with Gasteiger partial charge in [0.25, 0.3) is 0 Å². The standard InChI is InChI=1S/C50H97NO5/c1-3-5-7-9-11-13-15-19-24-28-32-36-40-44-50(55)56-45-41-37-33-29-25-21-18-16-17-20-23-27-31-35-39-43-49(54)51-47(46-52)48(53)42-38-34-30-26-22-14-12-10-8-6-4-2/h18,21,47-48,52-53H,3-17,19-20,22-46H2,1-2H3,(H,51,54)/b21-18-. The van der Waals surface area contributed by atoms with Gasteiger partial charge in [-0.15, -0.1) is 0 Å². The zero-order valence-electron chi connectivity index (χ0n) is 37.6. The van der Waals surface area contributed by atoms with Crippen LogP contribution >= 0.6 is 0 Å². The summed E-state index contributed by atoms with van der Waals surface area (Å²) in [4.78, 5) is 24.4. The number of hydrogen-bond donors (Lipinski definition) is 3. The number of nitrogens with one attached hydrogen (secondary N) is 1. The second kappa shape index (κ2) is 46.3. The highest BCUT2D eigenvalue weighted by atomic mass is 16.5. The van der Waals surface area contributed by atoms with Gasteiger partial charge in [-0.25, -0.2) is 0 Å². The highest BCUT2D eigenvalue weighted by Gasteiger charge is 2.20. The summed E-state index contributed by atoms with van der Waals surface area (Å²) < 4.78 is 5.45. The van der Waals surface area contributed by atoms with Crippen LogP contribution in [-0.4, -0.2) is 47.4 Å². The molecule has 0 saturated heterocycles. The maximum atomic E-state index is 12.4. The number of carbonyl (C=O) groups excluding carboxylic acids is 2. The van der Waals surface area contributed by atoms with Crippen LogP contribution in [0.25, 0.3) is 0 Å². The lowest BCUT2D eigenvalue weighted by Crippen LogP contribution is -2.45. The first-order valence-corrected chi connectivity index (χ1v) is 24.9. The second-order valence-electron chi connectivity index (χ2n) is 17.1. The normalized spacial score (nSPS) is 12.7. The molecule has 2 unspecified atom stereocenters. The van der Waals surface area contributed by atoms with E-state index >= 15 is 0 Å². The van der Waals surface area contributed by atoms with Crippen LogP contribution in [0.2, 0.25) is 0 Å². The van der Waals surface area contributed by atoms with Crippen LogP contribution in [0.1, 0.15) is 271 Å². The number of esters is 1. The van der Waals surface area contributed by atoms with Gasteiger partial charge in [0, 0.05) is 12.8 Å². The molecule has 0 saturated carbocycles. The number of allylic oxidation sites excluding steroid dienone is 2. The lowest BCUT2D eigenvalue weighted by atomic mass is 10.0. The molecule has 0 aliphatic carbocycles. The first-order chi connectivity index (χ1) is 27.5. The van der Waals surface area contributed by atoms with Gasteiger partial charge in [-0.2, -0.15) is 0 Å². The molecule has 6 nitrogen and oxygen atoms in total. The highest BCUT2D eigenvalue weighted by Crippen LogP contribution is 2.16. The molecule has 3 N–H and O–H groups in total. The first kappa shape index (κ1) is 54.6. The summed E-state index contributed by atoms with van der Waals surface area (Å²) in [5, 5.41) is 23.1. The molecule has 1 amide bonds. The molecule has 56 heavy (non-hydrogen) atoms. The van der Waals surface area contributed by atoms with Gasteiger partial charge in [0.15, 0.2) is 0 Å². The molecule has 0 aliphatic rings. The number of unbranched alkanes of at least 4 members (excludes halogenated alkanes) is 33. The van der Waals surface area contributed by atoms with E-state index in [-0.39, 0.29) is 18.5 Å². The number of hydrogen-bond acceptors (Lipinski definition) is 5. The molecule has 6 heteroatoms. The monoisotopic (exact) mass is 792 g/mol. The van der Waals surface area contributed by atoms with Crippen molar-refractivity contribution in [3.8, 4) is 0 Å². The summed E-state index contributed by atoms with van der Waals surface area (Å²) >= 11 is 0. The Morgan fingerprint density at radius 2 is 0.839 bits per heavy atom. The van der Waals surface area contributed by atoms with E-state index in [1.807, 2.05) is 0 Å². The summed E-state index contributed by atoms with van der Waals surface area (Å²) in [6, 6.07) is -0.550. The van der Waals surface area contributed by atoms with Crippen LogP contribution in [0, 0.1) is 0 Å². The summed E-state index contributed by atoms with van der Waals surface area (Å²) in [5.74, 6) is -0.0597. The van der Waals surface area contributed by atoms with Crippen molar-refractivity contribution >= 4 is 11.9 Å². The maximum Gasteiger partial charge on any atom is 0.305 e. The van der Waals surface area contributed by atoms with Crippen LogP contribution in [0.3, 0.4) is 0 Å². The predicted molar refractivity (Wildman–Crippen MR) is 241 cm³/mol.